The van der Waals surface area contributed by atoms with Gasteiger partial charge < -0.3 is 15.0 Å². The van der Waals surface area contributed by atoms with Gasteiger partial charge in [0.15, 0.2) is 0 Å². The highest BCUT2D eigenvalue weighted by Gasteiger charge is 2.21. The zero-order valence-corrected chi connectivity index (χ0v) is 15.7. The normalized spacial score (nSPS) is 15.2. The van der Waals surface area contributed by atoms with Gasteiger partial charge in [0.05, 0.1) is 25.0 Å². The van der Waals surface area contributed by atoms with Gasteiger partial charge in [0, 0.05) is 51.1 Å². The van der Waals surface area contributed by atoms with Crippen LogP contribution in [0.2, 0.25) is 5.02 Å². The first-order chi connectivity index (χ1) is 12.6. The predicted molar refractivity (Wildman–Crippen MR) is 101 cm³/mol. The van der Waals surface area contributed by atoms with Gasteiger partial charge in [-0.05, 0) is 17.7 Å². The summed E-state index contributed by atoms with van der Waals surface area (Å²) in [6.45, 7) is 5.18. The number of hydrogen-bond donors (Lipinski definition) is 1. The van der Waals surface area contributed by atoms with Crippen LogP contribution in [-0.2, 0) is 17.8 Å². The molecule has 1 aliphatic rings. The molecule has 140 valence electrons. The van der Waals surface area contributed by atoms with Crippen molar-refractivity contribution in [1.82, 2.24) is 19.6 Å². The van der Waals surface area contributed by atoms with Crippen LogP contribution < -0.4 is 5.32 Å². The Morgan fingerprint density at radius 1 is 1.31 bits per heavy atom. The molecular formula is C18H24ClN5O2. The van der Waals surface area contributed by atoms with Crippen LogP contribution in [0.1, 0.15) is 5.56 Å². The van der Waals surface area contributed by atoms with Crippen LogP contribution in [0.25, 0.3) is 0 Å². The third-order valence-corrected chi connectivity index (χ3v) is 4.60. The number of nitrogens with one attached hydrogen (secondary N) is 1. The Morgan fingerprint density at radius 2 is 2.12 bits per heavy atom. The molecule has 2 heterocycles. The average molecular weight is 378 g/mol. The Hall–Kier alpha value is -2.09. The van der Waals surface area contributed by atoms with Crippen LogP contribution in [-0.4, -0.2) is 65.5 Å². The van der Waals surface area contributed by atoms with Crippen molar-refractivity contribution in [3.63, 3.8) is 0 Å². The van der Waals surface area contributed by atoms with Crippen molar-refractivity contribution in [2.75, 3.05) is 45.2 Å². The number of urea groups is 1. The Kier molecular flexibility index (Phi) is 6.49. The maximum Gasteiger partial charge on any atom is 0.322 e. The molecule has 1 aliphatic heterocycles. The molecule has 1 N–H and O–H groups in total. The quantitative estimate of drug-likeness (QED) is 0.840. The van der Waals surface area contributed by atoms with Gasteiger partial charge in [-0.25, -0.2) is 4.79 Å². The second kappa shape index (κ2) is 9.02. The van der Waals surface area contributed by atoms with Crippen molar-refractivity contribution in [3.05, 3.63) is 47.2 Å². The molecule has 0 atom stereocenters. The number of methoxy groups -OCH3 is 1. The van der Waals surface area contributed by atoms with Gasteiger partial charge in [0.2, 0.25) is 0 Å². The summed E-state index contributed by atoms with van der Waals surface area (Å²) in [4.78, 5) is 16.6. The molecule has 2 aromatic rings. The molecule has 0 bridgehead atoms. The fourth-order valence-corrected chi connectivity index (χ4v) is 3.15. The van der Waals surface area contributed by atoms with Crippen molar-refractivity contribution in [2.45, 2.75) is 13.1 Å². The summed E-state index contributed by atoms with van der Waals surface area (Å²) in [6.07, 6.45) is 3.47. The highest BCUT2D eigenvalue weighted by Crippen LogP contribution is 2.14. The Balaban J connectivity index is 1.45. The van der Waals surface area contributed by atoms with E-state index in [2.05, 4.69) is 21.4 Å². The van der Waals surface area contributed by atoms with Crippen LogP contribution in [0.15, 0.2) is 36.7 Å². The standard InChI is InChI=1S/C18H24ClN5O2/c1-26-10-9-24-14-17(12-20-24)21-18(25)23-7-5-22(6-8-23)13-15-3-2-4-16(19)11-15/h2-4,11-12,14H,5-10,13H2,1H3,(H,21,25). The first-order valence-electron chi connectivity index (χ1n) is 8.68. The van der Waals surface area contributed by atoms with Gasteiger partial charge in [-0.2, -0.15) is 5.10 Å². The molecule has 7 nitrogen and oxygen atoms in total. The van der Waals surface area contributed by atoms with Crippen LogP contribution in [0.4, 0.5) is 10.5 Å². The maximum absolute atomic E-state index is 12.4. The maximum atomic E-state index is 12.4. The van der Waals surface area contributed by atoms with Crippen molar-refractivity contribution < 1.29 is 9.53 Å². The highest BCUT2D eigenvalue weighted by atomic mass is 35.5. The van der Waals surface area contributed by atoms with Gasteiger partial charge >= 0.3 is 6.03 Å². The lowest BCUT2D eigenvalue weighted by Gasteiger charge is -2.34. The van der Waals surface area contributed by atoms with Gasteiger partial charge in [0.1, 0.15) is 0 Å². The van der Waals surface area contributed by atoms with E-state index in [0.717, 1.165) is 24.7 Å². The zero-order valence-electron chi connectivity index (χ0n) is 14.9. The average Bonchev–Trinajstić information content (AvgIpc) is 3.08. The van der Waals surface area contributed by atoms with E-state index in [1.807, 2.05) is 29.3 Å². The summed E-state index contributed by atoms with van der Waals surface area (Å²) >= 11 is 6.04. The van der Waals surface area contributed by atoms with Crippen molar-refractivity contribution in [1.29, 1.82) is 0 Å². The fourth-order valence-electron chi connectivity index (χ4n) is 2.94. The number of piperazine rings is 1. The second-order valence-corrected chi connectivity index (χ2v) is 6.74. The number of amides is 2. The molecule has 1 fully saturated rings. The Bertz CT molecular complexity index is 728. The van der Waals surface area contributed by atoms with Gasteiger partial charge in [-0.3, -0.25) is 9.58 Å². The number of carbonyl (C=O) groups is 1. The minimum absolute atomic E-state index is 0.0845. The summed E-state index contributed by atoms with van der Waals surface area (Å²) in [5.74, 6) is 0. The molecule has 1 saturated heterocycles. The topological polar surface area (TPSA) is 62.6 Å². The number of halogens is 1. The third kappa shape index (κ3) is 5.20. The van der Waals surface area contributed by atoms with Crippen molar-refractivity contribution in [2.24, 2.45) is 0 Å². The number of ether oxygens (including phenoxy) is 1. The van der Waals surface area contributed by atoms with Gasteiger partial charge in [-0.1, -0.05) is 23.7 Å². The van der Waals surface area contributed by atoms with E-state index in [4.69, 9.17) is 16.3 Å². The second-order valence-electron chi connectivity index (χ2n) is 6.31. The molecule has 0 radical (unpaired) electrons. The number of carbonyl (C=O) groups excluding carboxylic acids is 1. The van der Waals surface area contributed by atoms with Crippen LogP contribution in [0, 0.1) is 0 Å². The number of aromatic nitrogens is 2. The number of rotatable bonds is 6. The van der Waals surface area contributed by atoms with Crippen molar-refractivity contribution in [3.8, 4) is 0 Å². The number of anilines is 1. The molecule has 8 heteroatoms. The van der Waals surface area contributed by atoms with Gasteiger partial charge in [0.25, 0.3) is 0 Å². The first-order valence-corrected chi connectivity index (χ1v) is 9.06. The first kappa shape index (κ1) is 18.7. The summed E-state index contributed by atoms with van der Waals surface area (Å²) in [6, 6.07) is 7.83. The number of benzene rings is 1. The summed E-state index contributed by atoms with van der Waals surface area (Å²) in [7, 11) is 1.65. The molecule has 1 aromatic carbocycles. The highest BCUT2D eigenvalue weighted by molar-refractivity contribution is 6.30. The number of hydrogen-bond acceptors (Lipinski definition) is 4. The molecule has 0 aliphatic carbocycles. The molecule has 2 amide bonds. The van der Waals surface area contributed by atoms with Gasteiger partial charge in [-0.15, -0.1) is 0 Å². The third-order valence-electron chi connectivity index (χ3n) is 4.36. The van der Waals surface area contributed by atoms with E-state index in [1.165, 1.54) is 5.56 Å². The van der Waals surface area contributed by atoms with E-state index < -0.39 is 0 Å². The number of nitrogens with zero attached hydrogens (tertiary/aromatic N) is 4. The van der Waals surface area contributed by atoms with Crippen LogP contribution in [0.3, 0.4) is 0 Å². The molecule has 0 saturated carbocycles. The van der Waals surface area contributed by atoms with Crippen molar-refractivity contribution >= 4 is 23.3 Å². The lowest BCUT2D eigenvalue weighted by Crippen LogP contribution is -2.49. The minimum Gasteiger partial charge on any atom is -0.383 e. The van der Waals surface area contributed by atoms with Crippen LogP contribution in [0.5, 0.6) is 0 Å². The lowest BCUT2D eigenvalue weighted by atomic mass is 10.2. The zero-order chi connectivity index (χ0) is 18.4. The van der Waals surface area contributed by atoms with E-state index in [1.54, 1.807) is 18.0 Å². The largest absolute Gasteiger partial charge is 0.383 e. The SMILES string of the molecule is COCCn1cc(NC(=O)N2CCN(Cc3cccc(Cl)c3)CC2)cn1. The smallest absolute Gasteiger partial charge is 0.322 e. The Labute approximate surface area is 158 Å². The molecule has 1 aromatic heterocycles. The van der Waals surface area contributed by atoms with E-state index in [-0.39, 0.29) is 6.03 Å². The van der Waals surface area contributed by atoms with Crippen LogP contribution >= 0.6 is 11.6 Å². The molecule has 26 heavy (non-hydrogen) atoms. The molecule has 0 spiro atoms. The van der Waals surface area contributed by atoms with E-state index in [9.17, 15) is 4.79 Å². The predicted octanol–water partition coefficient (Wildman–Crippen LogP) is 2.53. The summed E-state index contributed by atoms with van der Waals surface area (Å²) in [5, 5.41) is 7.87. The monoisotopic (exact) mass is 377 g/mol. The van der Waals surface area contributed by atoms with E-state index >= 15 is 0 Å². The molecule has 3 rings (SSSR count). The summed E-state index contributed by atoms with van der Waals surface area (Å²) < 4.78 is 6.77. The Morgan fingerprint density at radius 3 is 2.85 bits per heavy atom. The minimum atomic E-state index is -0.0845. The van der Waals surface area contributed by atoms with E-state index in [0.29, 0.717) is 31.9 Å². The molecule has 0 unspecified atom stereocenters. The lowest BCUT2D eigenvalue weighted by molar-refractivity contribution is 0.143. The molecular weight excluding hydrogens is 354 g/mol. The fraction of sp³-hybridized carbons (Fsp3) is 0.444. The summed E-state index contributed by atoms with van der Waals surface area (Å²) in [5.41, 5.74) is 1.89.